The molecule has 0 spiro atoms. The van der Waals surface area contributed by atoms with E-state index in [0.29, 0.717) is 12.2 Å². The van der Waals surface area contributed by atoms with E-state index in [1.807, 2.05) is 13.8 Å². The van der Waals surface area contributed by atoms with Crippen molar-refractivity contribution < 1.29 is 4.79 Å². The molecular formula is C10H16N4O. The zero-order valence-corrected chi connectivity index (χ0v) is 9.08. The maximum absolute atomic E-state index is 11.4. The van der Waals surface area contributed by atoms with E-state index in [9.17, 15) is 4.79 Å². The molecule has 0 aliphatic carbocycles. The summed E-state index contributed by atoms with van der Waals surface area (Å²) >= 11 is 0. The Kier molecular flexibility index (Phi) is 3.49. The van der Waals surface area contributed by atoms with Crippen molar-refractivity contribution in [3.8, 4) is 0 Å². The van der Waals surface area contributed by atoms with Crippen molar-refractivity contribution in [3.05, 3.63) is 24.0 Å². The van der Waals surface area contributed by atoms with Crippen LogP contribution in [-0.4, -0.2) is 22.2 Å². The van der Waals surface area contributed by atoms with Crippen molar-refractivity contribution in [2.45, 2.75) is 20.4 Å². The summed E-state index contributed by atoms with van der Waals surface area (Å²) in [4.78, 5) is 11.4. The van der Waals surface area contributed by atoms with Crippen molar-refractivity contribution in [3.63, 3.8) is 0 Å². The first-order valence-corrected chi connectivity index (χ1v) is 4.73. The smallest absolute Gasteiger partial charge is 0.241 e. The van der Waals surface area contributed by atoms with Gasteiger partial charge in [0.05, 0.1) is 17.1 Å². The average Bonchev–Trinajstić information content (AvgIpc) is 2.43. The van der Waals surface area contributed by atoms with E-state index in [0.717, 1.165) is 11.4 Å². The van der Waals surface area contributed by atoms with E-state index in [1.165, 1.54) is 0 Å². The second kappa shape index (κ2) is 4.63. The number of aryl methyl sites for hydroxylation is 1. The second-order valence-corrected chi connectivity index (χ2v) is 3.33. The van der Waals surface area contributed by atoms with Crippen LogP contribution in [0.15, 0.2) is 12.7 Å². The van der Waals surface area contributed by atoms with Gasteiger partial charge >= 0.3 is 0 Å². The van der Waals surface area contributed by atoms with Crippen LogP contribution in [0.4, 0.5) is 5.69 Å². The molecule has 82 valence electrons. The Morgan fingerprint density at radius 2 is 2.33 bits per heavy atom. The Morgan fingerprint density at radius 3 is 2.80 bits per heavy atom. The standard InChI is InChI=1S/C10H16N4O/c1-4-5-12-9(15)6-14-8(3)10(11)7(2)13-14/h4H,1,5-6,11H2,2-3H3,(H,12,15). The molecule has 0 saturated heterocycles. The number of hydrogen-bond acceptors (Lipinski definition) is 3. The molecule has 15 heavy (non-hydrogen) atoms. The zero-order valence-electron chi connectivity index (χ0n) is 9.08. The van der Waals surface area contributed by atoms with Crippen LogP contribution in [0.5, 0.6) is 0 Å². The van der Waals surface area contributed by atoms with Crippen LogP contribution in [0.1, 0.15) is 11.4 Å². The SMILES string of the molecule is C=CCNC(=O)Cn1nc(C)c(N)c1C. The van der Waals surface area contributed by atoms with E-state index in [4.69, 9.17) is 5.73 Å². The number of carbonyl (C=O) groups excluding carboxylic acids is 1. The fourth-order valence-electron chi connectivity index (χ4n) is 1.24. The Labute approximate surface area is 89.0 Å². The number of nitrogen functional groups attached to an aromatic ring is 1. The molecule has 1 rings (SSSR count). The molecule has 0 radical (unpaired) electrons. The summed E-state index contributed by atoms with van der Waals surface area (Å²) in [5, 5.41) is 6.84. The van der Waals surface area contributed by atoms with E-state index >= 15 is 0 Å². The van der Waals surface area contributed by atoms with Gasteiger partial charge < -0.3 is 11.1 Å². The third-order valence-corrected chi connectivity index (χ3v) is 2.17. The predicted molar refractivity (Wildman–Crippen MR) is 59.3 cm³/mol. The highest BCUT2D eigenvalue weighted by molar-refractivity contribution is 5.76. The number of nitrogens with zero attached hydrogens (tertiary/aromatic N) is 2. The maximum atomic E-state index is 11.4. The first-order valence-electron chi connectivity index (χ1n) is 4.73. The lowest BCUT2D eigenvalue weighted by molar-refractivity contribution is -0.121. The molecule has 0 saturated carbocycles. The third-order valence-electron chi connectivity index (χ3n) is 2.17. The topological polar surface area (TPSA) is 72.9 Å². The van der Waals surface area contributed by atoms with Crippen LogP contribution in [0.25, 0.3) is 0 Å². The molecule has 0 atom stereocenters. The number of aromatic nitrogens is 2. The Hall–Kier alpha value is -1.78. The quantitative estimate of drug-likeness (QED) is 0.703. The second-order valence-electron chi connectivity index (χ2n) is 3.33. The molecule has 1 aromatic rings. The van der Waals surface area contributed by atoms with Crippen molar-refractivity contribution in [1.82, 2.24) is 15.1 Å². The lowest BCUT2D eigenvalue weighted by Gasteiger charge is -2.04. The summed E-state index contributed by atoms with van der Waals surface area (Å²) in [6.07, 6.45) is 1.63. The predicted octanol–water partition coefficient (Wildman–Crippen LogP) is 0.384. The van der Waals surface area contributed by atoms with Crippen LogP contribution in [0.2, 0.25) is 0 Å². The van der Waals surface area contributed by atoms with E-state index in [2.05, 4.69) is 17.0 Å². The molecule has 0 aliphatic heterocycles. The molecule has 3 N–H and O–H groups in total. The number of carbonyl (C=O) groups is 1. The van der Waals surface area contributed by atoms with Crippen molar-refractivity contribution in [1.29, 1.82) is 0 Å². The summed E-state index contributed by atoms with van der Waals surface area (Å²) < 4.78 is 1.60. The van der Waals surface area contributed by atoms with Gasteiger partial charge in [0, 0.05) is 6.54 Å². The van der Waals surface area contributed by atoms with Gasteiger partial charge in [-0.05, 0) is 13.8 Å². The molecule has 5 nitrogen and oxygen atoms in total. The fraction of sp³-hybridized carbons (Fsp3) is 0.400. The van der Waals surface area contributed by atoms with Crippen LogP contribution in [0.3, 0.4) is 0 Å². The number of hydrogen-bond donors (Lipinski definition) is 2. The number of rotatable bonds is 4. The van der Waals surface area contributed by atoms with Gasteiger partial charge in [0.2, 0.25) is 5.91 Å². The molecule has 1 aromatic heterocycles. The summed E-state index contributed by atoms with van der Waals surface area (Å²) in [6, 6.07) is 0. The normalized spacial score (nSPS) is 10.0. The van der Waals surface area contributed by atoms with Gasteiger partial charge in [-0.25, -0.2) is 0 Å². The Bertz CT molecular complexity index is 381. The minimum Gasteiger partial charge on any atom is -0.396 e. The fourth-order valence-corrected chi connectivity index (χ4v) is 1.24. The first kappa shape index (κ1) is 11.3. The molecule has 1 amide bonds. The minimum absolute atomic E-state index is 0.0968. The zero-order chi connectivity index (χ0) is 11.4. The van der Waals surface area contributed by atoms with Crippen LogP contribution in [0, 0.1) is 13.8 Å². The molecule has 0 aromatic carbocycles. The van der Waals surface area contributed by atoms with Gasteiger partial charge in [0.15, 0.2) is 0 Å². The number of nitrogens with one attached hydrogen (secondary N) is 1. The summed E-state index contributed by atoms with van der Waals surface area (Å²) in [7, 11) is 0. The van der Waals surface area contributed by atoms with Gasteiger partial charge in [0.1, 0.15) is 6.54 Å². The van der Waals surface area contributed by atoms with Crippen LogP contribution in [-0.2, 0) is 11.3 Å². The van der Waals surface area contributed by atoms with E-state index in [-0.39, 0.29) is 12.5 Å². The average molecular weight is 208 g/mol. The Morgan fingerprint density at radius 1 is 1.67 bits per heavy atom. The molecular weight excluding hydrogens is 192 g/mol. The summed E-state index contributed by atoms with van der Waals surface area (Å²) in [5.41, 5.74) is 7.97. The highest BCUT2D eigenvalue weighted by Crippen LogP contribution is 2.14. The molecule has 0 fully saturated rings. The van der Waals surface area contributed by atoms with Gasteiger partial charge in [0.25, 0.3) is 0 Å². The van der Waals surface area contributed by atoms with Crippen molar-refractivity contribution in [2.75, 3.05) is 12.3 Å². The first-order chi connectivity index (χ1) is 7.06. The van der Waals surface area contributed by atoms with Gasteiger partial charge in [-0.1, -0.05) is 6.08 Å². The molecule has 1 heterocycles. The number of amides is 1. The van der Waals surface area contributed by atoms with Crippen molar-refractivity contribution in [2.24, 2.45) is 0 Å². The molecule has 0 aliphatic rings. The highest BCUT2D eigenvalue weighted by atomic mass is 16.2. The summed E-state index contributed by atoms with van der Waals surface area (Å²) in [6.45, 7) is 7.84. The van der Waals surface area contributed by atoms with Gasteiger partial charge in [-0.2, -0.15) is 5.10 Å². The van der Waals surface area contributed by atoms with E-state index < -0.39 is 0 Å². The van der Waals surface area contributed by atoms with Crippen LogP contribution >= 0.6 is 0 Å². The van der Waals surface area contributed by atoms with E-state index in [1.54, 1.807) is 10.8 Å². The minimum atomic E-state index is -0.0968. The molecule has 5 heteroatoms. The van der Waals surface area contributed by atoms with Crippen molar-refractivity contribution >= 4 is 11.6 Å². The number of anilines is 1. The highest BCUT2D eigenvalue weighted by Gasteiger charge is 2.10. The van der Waals surface area contributed by atoms with Gasteiger partial charge in [-0.3, -0.25) is 9.48 Å². The van der Waals surface area contributed by atoms with Gasteiger partial charge in [-0.15, -0.1) is 6.58 Å². The number of nitrogens with two attached hydrogens (primary N) is 1. The molecule has 0 bridgehead atoms. The Balaban J connectivity index is 2.68. The lowest BCUT2D eigenvalue weighted by Crippen LogP contribution is -2.28. The largest absolute Gasteiger partial charge is 0.396 e. The summed E-state index contributed by atoms with van der Waals surface area (Å²) in [5.74, 6) is -0.0968. The maximum Gasteiger partial charge on any atom is 0.241 e. The van der Waals surface area contributed by atoms with Crippen LogP contribution < -0.4 is 11.1 Å². The lowest BCUT2D eigenvalue weighted by atomic mass is 10.3. The monoisotopic (exact) mass is 208 g/mol. The third kappa shape index (κ3) is 2.59. The molecule has 0 unspecified atom stereocenters.